The second kappa shape index (κ2) is 4.59. The van der Waals surface area contributed by atoms with Crippen molar-refractivity contribution in [2.24, 2.45) is 5.92 Å². The number of likely N-dealkylation sites (tertiary alicyclic amines) is 1. The summed E-state index contributed by atoms with van der Waals surface area (Å²) in [6, 6.07) is 0. The first kappa shape index (κ1) is 9.70. The van der Waals surface area contributed by atoms with Crippen molar-refractivity contribution in [2.45, 2.75) is 26.1 Å². The number of aliphatic hydroxyl groups is 1. The lowest BCUT2D eigenvalue weighted by molar-refractivity contribution is -0.0174. The van der Waals surface area contributed by atoms with Crippen LogP contribution in [-0.4, -0.2) is 29.4 Å². The molecule has 0 amide bonds. The van der Waals surface area contributed by atoms with E-state index in [0.29, 0.717) is 0 Å². The van der Waals surface area contributed by atoms with Gasteiger partial charge >= 0.3 is 0 Å². The molecule has 0 radical (unpaired) electrons. The van der Waals surface area contributed by atoms with Crippen molar-refractivity contribution in [3.63, 3.8) is 0 Å². The Labute approximate surface area is 81.6 Å². The van der Waals surface area contributed by atoms with Gasteiger partial charge < -0.3 is 5.11 Å². The van der Waals surface area contributed by atoms with Crippen molar-refractivity contribution in [1.29, 1.82) is 0 Å². The fourth-order valence-electron chi connectivity index (χ4n) is 1.34. The van der Waals surface area contributed by atoms with Gasteiger partial charge in [0.2, 0.25) is 0 Å². The number of hydrogen-bond donors (Lipinski definition) is 2. The highest BCUT2D eigenvalue weighted by Gasteiger charge is 2.20. The summed E-state index contributed by atoms with van der Waals surface area (Å²) in [4.78, 5) is 2.06. The quantitative estimate of drug-likeness (QED) is 0.445. The predicted octanol–water partition coefficient (Wildman–Crippen LogP) is 0.934. The predicted molar refractivity (Wildman–Crippen MR) is 53.1 cm³/mol. The molecule has 0 aromatic rings. The summed E-state index contributed by atoms with van der Waals surface area (Å²) in [6.45, 7) is 4.29. The van der Waals surface area contributed by atoms with Crippen LogP contribution in [-0.2, 0) is 0 Å². The molecule has 0 aromatic carbocycles. The van der Waals surface area contributed by atoms with Gasteiger partial charge in [-0.15, -0.1) is 0 Å². The average molecular weight is 270 g/mol. The Morgan fingerprint density at radius 2 is 2.09 bits per heavy atom. The Hall–Kier alpha value is 0.610. The molecule has 0 bridgehead atoms. The van der Waals surface area contributed by atoms with Gasteiger partial charge in [-0.3, -0.25) is 4.90 Å². The molecule has 1 saturated heterocycles. The van der Waals surface area contributed by atoms with Crippen LogP contribution in [0.25, 0.3) is 0 Å². The number of rotatable bonds is 2. The largest absolute Gasteiger partial charge is 0.365 e. The Bertz CT molecular complexity index is 115. The number of nitrogens with one attached hydrogen (secondary N) is 1. The van der Waals surface area contributed by atoms with Crippen LogP contribution in [0, 0.1) is 5.92 Å². The van der Waals surface area contributed by atoms with Crippen LogP contribution in [0.4, 0.5) is 0 Å². The highest BCUT2D eigenvalue weighted by atomic mass is 127. The zero-order valence-corrected chi connectivity index (χ0v) is 8.91. The molecule has 1 aliphatic rings. The molecule has 1 heterocycles. The molecule has 4 heteroatoms. The first-order chi connectivity index (χ1) is 5.24. The molecule has 1 rings (SSSR count). The van der Waals surface area contributed by atoms with Gasteiger partial charge in [0.15, 0.2) is 6.35 Å². The van der Waals surface area contributed by atoms with Crippen molar-refractivity contribution in [2.75, 3.05) is 13.1 Å². The monoisotopic (exact) mass is 270 g/mol. The standard InChI is InChI=1S/C7H15IN2O/c1-6-2-4-10(5-3-6)7(11)9-8/h6-7,9,11H,2-5H2,1H3. The van der Waals surface area contributed by atoms with E-state index in [0.717, 1.165) is 19.0 Å². The first-order valence-corrected chi connectivity index (χ1v) is 5.10. The maximum absolute atomic E-state index is 9.38. The molecule has 11 heavy (non-hydrogen) atoms. The number of halogens is 1. The second-order valence-electron chi connectivity index (χ2n) is 3.20. The molecular weight excluding hydrogens is 255 g/mol. The SMILES string of the molecule is CC1CCN(C(O)NI)CC1. The minimum absolute atomic E-state index is 0.455. The summed E-state index contributed by atoms with van der Waals surface area (Å²) in [6.07, 6.45) is 1.95. The van der Waals surface area contributed by atoms with E-state index in [2.05, 4.69) is 15.4 Å². The second-order valence-corrected chi connectivity index (χ2v) is 3.82. The summed E-state index contributed by atoms with van der Waals surface area (Å²) >= 11 is 1.98. The Morgan fingerprint density at radius 3 is 2.55 bits per heavy atom. The number of aliphatic hydroxyl groups excluding tert-OH is 1. The maximum atomic E-state index is 9.38. The number of nitrogens with zero attached hydrogens (tertiary/aromatic N) is 1. The summed E-state index contributed by atoms with van der Waals surface area (Å²) in [5, 5.41) is 9.38. The minimum atomic E-state index is -0.455. The number of piperidine rings is 1. The van der Waals surface area contributed by atoms with Crippen molar-refractivity contribution in [3.8, 4) is 0 Å². The molecule has 1 fully saturated rings. The van der Waals surface area contributed by atoms with Crippen LogP contribution in [0.1, 0.15) is 19.8 Å². The van der Waals surface area contributed by atoms with Gasteiger partial charge in [0, 0.05) is 36.0 Å². The highest BCUT2D eigenvalue weighted by Crippen LogP contribution is 2.16. The molecule has 0 saturated carbocycles. The third-order valence-corrected chi connectivity index (χ3v) is 2.82. The van der Waals surface area contributed by atoms with Crippen molar-refractivity contribution in [1.82, 2.24) is 8.43 Å². The molecule has 2 N–H and O–H groups in total. The Balaban J connectivity index is 2.27. The number of hydrogen-bond acceptors (Lipinski definition) is 3. The van der Waals surface area contributed by atoms with Crippen LogP contribution in [0.2, 0.25) is 0 Å². The van der Waals surface area contributed by atoms with Gasteiger partial charge in [-0.1, -0.05) is 6.92 Å². The molecule has 0 aliphatic carbocycles. The molecular formula is C7H15IN2O. The smallest absolute Gasteiger partial charge is 0.171 e. The fourth-order valence-corrected chi connectivity index (χ4v) is 1.74. The summed E-state index contributed by atoms with van der Waals surface area (Å²) in [5.41, 5.74) is 0. The lowest BCUT2D eigenvalue weighted by atomic mass is 10.00. The van der Waals surface area contributed by atoms with Crippen molar-refractivity contribution < 1.29 is 5.11 Å². The lowest BCUT2D eigenvalue weighted by Crippen LogP contribution is -2.45. The van der Waals surface area contributed by atoms with Crippen LogP contribution < -0.4 is 3.53 Å². The van der Waals surface area contributed by atoms with Crippen molar-refractivity contribution >= 4 is 22.9 Å². The molecule has 3 nitrogen and oxygen atoms in total. The fraction of sp³-hybridized carbons (Fsp3) is 1.00. The normalized spacial score (nSPS) is 25.4. The van der Waals surface area contributed by atoms with Gasteiger partial charge in [0.1, 0.15) is 0 Å². The van der Waals surface area contributed by atoms with E-state index in [9.17, 15) is 5.11 Å². The minimum Gasteiger partial charge on any atom is -0.365 e. The highest BCUT2D eigenvalue weighted by molar-refractivity contribution is 14.1. The van der Waals surface area contributed by atoms with Crippen LogP contribution >= 0.6 is 22.9 Å². The molecule has 1 unspecified atom stereocenters. The van der Waals surface area contributed by atoms with Gasteiger partial charge in [-0.05, 0) is 18.8 Å². The Kier molecular flexibility index (Phi) is 4.05. The molecule has 1 atom stereocenters. The average Bonchev–Trinajstić information content (AvgIpc) is 2.05. The Morgan fingerprint density at radius 1 is 1.55 bits per heavy atom. The van der Waals surface area contributed by atoms with Gasteiger partial charge in [-0.2, -0.15) is 0 Å². The summed E-state index contributed by atoms with van der Waals surface area (Å²) in [7, 11) is 0. The van der Waals surface area contributed by atoms with Gasteiger partial charge in [-0.25, -0.2) is 3.53 Å². The van der Waals surface area contributed by atoms with E-state index in [1.54, 1.807) is 0 Å². The lowest BCUT2D eigenvalue weighted by Gasteiger charge is -2.32. The van der Waals surface area contributed by atoms with E-state index in [1.165, 1.54) is 12.8 Å². The molecule has 1 aliphatic heterocycles. The molecule has 0 spiro atoms. The third-order valence-electron chi connectivity index (χ3n) is 2.26. The van der Waals surface area contributed by atoms with E-state index in [-0.39, 0.29) is 0 Å². The molecule has 0 aromatic heterocycles. The first-order valence-electron chi connectivity index (χ1n) is 4.02. The van der Waals surface area contributed by atoms with E-state index in [1.807, 2.05) is 22.9 Å². The topological polar surface area (TPSA) is 35.5 Å². The van der Waals surface area contributed by atoms with E-state index >= 15 is 0 Å². The van der Waals surface area contributed by atoms with Gasteiger partial charge in [0.05, 0.1) is 0 Å². The molecule has 66 valence electrons. The maximum Gasteiger partial charge on any atom is 0.171 e. The van der Waals surface area contributed by atoms with Crippen LogP contribution in [0.3, 0.4) is 0 Å². The van der Waals surface area contributed by atoms with E-state index < -0.39 is 6.35 Å². The van der Waals surface area contributed by atoms with Crippen LogP contribution in [0.15, 0.2) is 0 Å². The zero-order valence-electron chi connectivity index (χ0n) is 6.76. The van der Waals surface area contributed by atoms with Crippen molar-refractivity contribution in [3.05, 3.63) is 0 Å². The van der Waals surface area contributed by atoms with Gasteiger partial charge in [0.25, 0.3) is 0 Å². The van der Waals surface area contributed by atoms with Crippen LogP contribution in [0.5, 0.6) is 0 Å². The van der Waals surface area contributed by atoms with E-state index in [4.69, 9.17) is 0 Å². The third kappa shape index (κ3) is 2.85. The summed E-state index contributed by atoms with van der Waals surface area (Å²) in [5.74, 6) is 0.827. The zero-order chi connectivity index (χ0) is 8.27. The summed E-state index contributed by atoms with van der Waals surface area (Å²) < 4.78 is 2.80.